The zero-order chi connectivity index (χ0) is 17.4. The number of anilines is 2. The van der Waals surface area contributed by atoms with E-state index in [9.17, 15) is 4.79 Å². The van der Waals surface area contributed by atoms with E-state index < -0.39 is 0 Å². The summed E-state index contributed by atoms with van der Waals surface area (Å²) in [6, 6.07) is 15.1. The van der Waals surface area contributed by atoms with Gasteiger partial charge >= 0.3 is 0 Å². The second kappa shape index (κ2) is 6.03. The normalized spacial score (nSPS) is 15.9. The van der Waals surface area contributed by atoms with Crippen LogP contribution in [-0.2, 0) is 4.79 Å². The van der Waals surface area contributed by atoms with E-state index in [2.05, 4.69) is 27.5 Å². The standard InChI is InChI=1S/C18H15N5OS/c1-11-17(18(24)23(22-11)14-6-4-3-5-7-14)21-20-13-8-9-15-16(10-13)25-12(2)19-15/h3-10,20,22H,1H2,2H3. The van der Waals surface area contributed by atoms with Gasteiger partial charge in [-0.2, -0.15) is 5.10 Å². The first kappa shape index (κ1) is 15.3. The number of rotatable bonds is 3. The summed E-state index contributed by atoms with van der Waals surface area (Å²) >= 11 is 1.62. The van der Waals surface area contributed by atoms with Crippen LogP contribution in [0.2, 0.25) is 0 Å². The van der Waals surface area contributed by atoms with Crippen LogP contribution in [0.15, 0.2) is 65.9 Å². The summed E-state index contributed by atoms with van der Waals surface area (Å²) < 4.78 is 1.07. The van der Waals surface area contributed by atoms with E-state index in [4.69, 9.17) is 0 Å². The molecule has 2 heterocycles. The number of nitrogens with one attached hydrogen (secondary N) is 2. The number of nitrogens with zero attached hydrogens (tertiary/aromatic N) is 3. The molecule has 3 aromatic rings. The van der Waals surface area contributed by atoms with Crippen LogP contribution in [-0.4, -0.2) is 16.6 Å². The van der Waals surface area contributed by atoms with E-state index >= 15 is 0 Å². The van der Waals surface area contributed by atoms with Crippen molar-refractivity contribution >= 4 is 44.5 Å². The number of thiazole rings is 1. The number of hydrazone groups is 1. The molecule has 6 nitrogen and oxygen atoms in total. The topological polar surface area (TPSA) is 69.6 Å². The lowest BCUT2D eigenvalue weighted by atomic mass is 10.3. The predicted molar refractivity (Wildman–Crippen MR) is 102 cm³/mol. The quantitative estimate of drug-likeness (QED) is 0.711. The molecule has 1 aliphatic rings. The second-order valence-corrected chi connectivity index (χ2v) is 6.79. The molecule has 0 unspecified atom stereocenters. The van der Waals surface area contributed by atoms with Crippen molar-refractivity contribution in [2.24, 2.45) is 5.10 Å². The van der Waals surface area contributed by atoms with E-state index in [1.807, 2.05) is 55.5 Å². The number of aromatic nitrogens is 1. The van der Waals surface area contributed by atoms with Gasteiger partial charge in [0.1, 0.15) is 0 Å². The smallest absolute Gasteiger partial charge is 0.289 e. The first-order valence-corrected chi connectivity index (χ1v) is 8.50. The van der Waals surface area contributed by atoms with Gasteiger partial charge in [-0.15, -0.1) is 11.3 Å². The van der Waals surface area contributed by atoms with Crippen LogP contribution in [0, 0.1) is 6.92 Å². The predicted octanol–water partition coefficient (Wildman–Crippen LogP) is 3.44. The molecule has 4 rings (SSSR count). The molecule has 7 heteroatoms. The number of hydrogen-bond donors (Lipinski definition) is 2. The summed E-state index contributed by atoms with van der Waals surface area (Å²) in [5.41, 5.74) is 9.09. The zero-order valence-corrected chi connectivity index (χ0v) is 14.3. The number of fused-ring (bicyclic) bond motifs is 1. The van der Waals surface area contributed by atoms with Gasteiger partial charge in [-0.1, -0.05) is 24.8 Å². The Hall–Kier alpha value is -3.19. The fourth-order valence-corrected chi connectivity index (χ4v) is 3.44. The minimum Gasteiger partial charge on any atom is -0.289 e. The van der Waals surface area contributed by atoms with Gasteiger partial charge in [-0.05, 0) is 37.3 Å². The molecule has 0 spiro atoms. The van der Waals surface area contributed by atoms with Gasteiger partial charge in [-0.25, -0.2) is 9.99 Å². The van der Waals surface area contributed by atoms with Crippen molar-refractivity contribution in [1.29, 1.82) is 0 Å². The summed E-state index contributed by atoms with van der Waals surface area (Å²) in [5, 5.41) is 6.69. The minimum atomic E-state index is -0.251. The highest BCUT2D eigenvalue weighted by Gasteiger charge is 2.32. The molecule has 0 radical (unpaired) electrons. The van der Waals surface area contributed by atoms with Crippen molar-refractivity contribution in [1.82, 2.24) is 10.4 Å². The Kier molecular flexibility index (Phi) is 3.70. The lowest BCUT2D eigenvalue weighted by molar-refractivity contribution is -0.112. The molecule has 1 fully saturated rings. The third-order valence-corrected chi connectivity index (χ3v) is 4.68. The van der Waals surface area contributed by atoms with Crippen LogP contribution in [0.4, 0.5) is 11.4 Å². The molecule has 0 bridgehead atoms. The van der Waals surface area contributed by atoms with E-state index in [0.29, 0.717) is 5.70 Å². The average Bonchev–Trinajstić information content (AvgIpc) is 3.12. The van der Waals surface area contributed by atoms with Crippen LogP contribution in [0.1, 0.15) is 5.01 Å². The number of aryl methyl sites for hydroxylation is 1. The highest BCUT2D eigenvalue weighted by Crippen LogP contribution is 2.25. The van der Waals surface area contributed by atoms with E-state index in [-0.39, 0.29) is 11.6 Å². The fraction of sp³-hybridized carbons (Fsp3) is 0.0556. The minimum absolute atomic E-state index is 0.251. The van der Waals surface area contributed by atoms with Gasteiger partial charge in [0.15, 0.2) is 5.71 Å². The maximum absolute atomic E-state index is 12.6. The van der Waals surface area contributed by atoms with Gasteiger partial charge in [0.05, 0.1) is 32.3 Å². The van der Waals surface area contributed by atoms with Crippen molar-refractivity contribution in [2.45, 2.75) is 6.92 Å². The van der Waals surface area contributed by atoms with Crippen molar-refractivity contribution in [2.75, 3.05) is 10.4 Å². The first-order chi connectivity index (χ1) is 12.1. The van der Waals surface area contributed by atoms with E-state index in [0.717, 1.165) is 26.6 Å². The lowest BCUT2D eigenvalue weighted by Crippen LogP contribution is -2.34. The maximum atomic E-state index is 12.6. The van der Waals surface area contributed by atoms with Gasteiger partial charge in [0.2, 0.25) is 0 Å². The summed E-state index contributed by atoms with van der Waals surface area (Å²) in [6.07, 6.45) is 0. The second-order valence-electron chi connectivity index (χ2n) is 5.55. The number of carbonyl (C=O) groups is 1. The Morgan fingerprint density at radius 2 is 2.04 bits per heavy atom. The fourth-order valence-electron chi connectivity index (χ4n) is 2.58. The van der Waals surface area contributed by atoms with Crippen LogP contribution in [0.5, 0.6) is 0 Å². The Balaban J connectivity index is 1.57. The average molecular weight is 349 g/mol. The van der Waals surface area contributed by atoms with Crippen molar-refractivity contribution in [3.8, 4) is 0 Å². The molecule has 1 amide bonds. The first-order valence-electron chi connectivity index (χ1n) is 7.68. The monoisotopic (exact) mass is 349 g/mol. The number of hydrogen-bond acceptors (Lipinski definition) is 6. The summed E-state index contributed by atoms with van der Waals surface area (Å²) in [4.78, 5) is 17.0. The van der Waals surface area contributed by atoms with Crippen LogP contribution < -0.4 is 15.9 Å². The number of benzene rings is 2. The van der Waals surface area contributed by atoms with Crippen molar-refractivity contribution < 1.29 is 4.79 Å². The van der Waals surface area contributed by atoms with Crippen molar-refractivity contribution in [3.05, 3.63) is 65.8 Å². The summed E-state index contributed by atoms with van der Waals surface area (Å²) in [5.74, 6) is -0.251. The number of amides is 1. The van der Waals surface area contributed by atoms with Crippen molar-refractivity contribution in [3.63, 3.8) is 0 Å². The zero-order valence-electron chi connectivity index (χ0n) is 13.5. The highest BCUT2D eigenvalue weighted by molar-refractivity contribution is 7.18. The molecule has 1 saturated heterocycles. The number of para-hydroxylation sites is 1. The molecule has 0 aliphatic carbocycles. The van der Waals surface area contributed by atoms with Gasteiger partial charge in [-0.3, -0.25) is 15.6 Å². The SMILES string of the molecule is C=C1NN(c2ccccc2)C(=O)C1=NNc1ccc2nc(C)sc2c1. The van der Waals surface area contributed by atoms with E-state index in [1.165, 1.54) is 5.01 Å². The Morgan fingerprint density at radius 1 is 1.24 bits per heavy atom. The summed E-state index contributed by atoms with van der Waals surface area (Å²) in [6.45, 7) is 5.85. The summed E-state index contributed by atoms with van der Waals surface area (Å²) in [7, 11) is 0. The molecule has 124 valence electrons. The number of hydrazine groups is 1. The third-order valence-electron chi connectivity index (χ3n) is 3.74. The molecule has 1 aliphatic heterocycles. The molecule has 25 heavy (non-hydrogen) atoms. The van der Waals surface area contributed by atoms with E-state index in [1.54, 1.807) is 11.3 Å². The Labute approximate surface area is 148 Å². The number of carbonyl (C=O) groups excluding carboxylic acids is 1. The van der Waals surface area contributed by atoms with Crippen LogP contribution in [0.3, 0.4) is 0 Å². The molecular formula is C18H15N5OS. The molecule has 2 aromatic carbocycles. The highest BCUT2D eigenvalue weighted by atomic mass is 32.1. The van der Waals surface area contributed by atoms with Gasteiger partial charge in [0.25, 0.3) is 5.91 Å². The molecular weight excluding hydrogens is 334 g/mol. The van der Waals surface area contributed by atoms with Crippen LogP contribution in [0.25, 0.3) is 10.2 Å². The van der Waals surface area contributed by atoms with Gasteiger partial charge in [0, 0.05) is 0 Å². The third kappa shape index (κ3) is 2.85. The largest absolute Gasteiger partial charge is 0.299 e. The Morgan fingerprint density at radius 3 is 2.84 bits per heavy atom. The molecule has 0 atom stereocenters. The molecule has 0 saturated carbocycles. The molecule has 2 N–H and O–H groups in total. The maximum Gasteiger partial charge on any atom is 0.299 e. The van der Waals surface area contributed by atoms with Gasteiger partial charge < -0.3 is 0 Å². The van der Waals surface area contributed by atoms with Crippen LogP contribution >= 0.6 is 11.3 Å². The Bertz CT molecular complexity index is 1010. The molecule has 1 aromatic heterocycles. The lowest BCUT2D eigenvalue weighted by Gasteiger charge is -2.14.